The summed E-state index contributed by atoms with van der Waals surface area (Å²) in [5.41, 5.74) is 3.31. The summed E-state index contributed by atoms with van der Waals surface area (Å²) in [5, 5.41) is 0. The van der Waals surface area contributed by atoms with Crippen LogP contribution in [-0.4, -0.2) is 13.3 Å². The van der Waals surface area contributed by atoms with Gasteiger partial charge in [0.15, 0.2) is 6.29 Å². The van der Waals surface area contributed by atoms with E-state index in [1.54, 1.807) is 12.1 Å². The van der Waals surface area contributed by atoms with Crippen LogP contribution in [0.15, 0.2) is 42.5 Å². The van der Waals surface area contributed by atoms with Gasteiger partial charge in [-0.1, -0.05) is 11.6 Å². The normalized spacial score (nSPS) is 10.2. The summed E-state index contributed by atoms with van der Waals surface area (Å²) in [4.78, 5) is 12.9. The second kappa shape index (κ2) is 5.00. The fourth-order valence-electron chi connectivity index (χ4n) is 1.88. The Labute approximate surface area is 106 Å². The Morgan fingerprint density at radius 2 is 1.78 bits per heavy atom. The minimum atomic E-state index is -0.272. The molecule has 0 aromatic heterocycles. The number of carbonyl (C=O) groups is 1. The Morgan fingerprint density at radius 1 is 1.11 bits per heavy atom. The lowest BCUT2D eigenvalue weighted by atomic mass is 10.1. The SMILES string of the molecule is Cc1ccc(N(C)c2ccc(F)cc2)c(C=O)c1. The van der Waals surface area contributed by atoms with Gasteiger partial charge in [0.2, 0.25) is 0 Å². The number of carbonyl (C=O) groups excluding carboxylic acids is 1. The molecule has 0 saturated heterocycles. The van der Waals surface area contributed by atoms with Crippen molar-refractivity contribution in [2.75, 3.05) is 11.9 Å². The predicted octanol–water partition coefficient (Wildman–Crippen LogP) is 3.71. The minimum Gasteiger partial charge on any atom is -0.344 e. The number of nitrogens with zero attached hydrogens (tertiary/aromatic N) is 1. The summed E-state index contributed by atoms with van der Waals surface area (Å²) in [6.45, 7) is 1.94. The average molecular weight is 243 g/mol. The van der Waals surface area contributed by atoms with Crippen LogP contribution in [-0.2, 0) is 0 Å². The van der Waals surface area contributed by atoms with Crippen molar-refractivity contribution in [3.63, 3.8) is 0 Å². The number of aldehydes is 1. The molecule has 0 amide bonds. The van der Waals surface area contributed by atoms with Crippen molar-refractivity contribution >= 4 is 17.7 Å². The van der Waals surface area contributed by atoms with Gasteiger partial charge in [-0.2, -0.15) is 0 Å². The molecule has 0 heterocycles. The Bertz CT molecular complexity index is 563. The van der Waals surface area contributed by atoms with E-state index in [0.717, 1.165) is 23.2 Å². The molecule has 0 unspecified atom stereocenters. The van der Waals surface area contributed by atoms with Crippen LogP contribution >= 0.6 is 0 Å². The van der Waals surface area contributed by atoms with Gasteiger partial charge in [-0.15, -0.1) is 0 Å². The highest BCUT2D eigenvalue weighted by atomic mass is 19.1. The second-order valence-electron chi connectivity index (χ2n) is 4.22. The van der Waals surface area contributed by atoms with Crippen LogP contribution in [0.5, 0.6) is 0 Å². The lowest BCUT2D eigenvalue weighted by Gasteiger charge is -2.21. The molecule has 2 aromatic carbocycles. The molecule has 2 nitrogen and oxygen atoms in total. The van der Waals surface area contributed by atoms with E-state index in [1.165, 1.54) is 12.1 Å². The van der Waals surface area contributed by atoms with Gasteiger partial charge >= 0.3 is 0 Å². The summed E-state index contributed by atoms with van der Waals surface area (Å²) in [7, 11) is 1.85. The highest BCUT2D eigenvalue weighted by Crippen LogP contribution is 2.26. The van der Waals surface area contributed by atoms with Gasteiger partial charge in [-0.3, -0.25) is 4.79 Å². The van der Waals surface area contributed by atoms with Crippen LogP contribution in [0.1, 0.15) is 15.9 Å². The maximum atomic E-state index is 12.9. The smallest absolute Gasteiger partial charge is 0.152 e. The molecule has 0 fully saturated rings. The van der Waals surface area contributed by atoms with Crippen LogP contribution in [0.3, 0.4) is 0 Å². The van der Waals surface area contributed by atoms with E-state index in [2.05, 4.69) is 0 Å². The Hall–Kier alpha value is -2.16. The molecule has 0 aliphatic heterocycles. The Balaban J connectivity index is 2.42. The zero-order valence-electron chi connectivity index (χ0n) is 10.4. The molecule has 2 aromatic rings. The van der Waals surface area contributed by atoms with E-state index < -0.39 is 0 Å². The number of halogens is 1. The van der Waals surface area contributed by atoms with E-state index >= 15 is 0 Å². The molecule has 0 saturated carbocycles. The van der Waals surface area contributed by atoms with E-state index in [9.17, 15) is 9.18 Å². The molecule has 0 radical (unpaired) electrons. The predicted molar refractivity (Wildman–Crippen MR) is 71.0 cm³/mol. The van der Waals surface area contributed by atoms with E-state index in [0.29, 0.717) is 5.56 Å². The van der Waals surface area contributed by atoms with E-state index in [1.807, 2.05) is 37.1 Å². The summed E-state index contributed by atoms with van der Waals surface area (Å²) in [5.74, 6) is -0.272. The van der Waals surface area contributed by atoms with Crippen molar-refractivity contribution < 1.29 is 9.18 Å². The molecule has 0 spiro atoms. The molecular formula is C15H14FNO. The number of hydrogen-bond donors (Lipinski definition) is 0. The molecule has 0 bridgehead atoms. The third-order valence-electron chi connectivity index (χ3n) is 2.89. The number of rotatable bonds is 3. The van der Waals surface area contributed by atoms with Crippen LogP contribution in [0.4, 0.5) is 15.8 Å². The van der Waals surface area contributed by atoms with Crippen LogP contribution < -0.4 is 4.90 Å². The number of benzene rings is 2. The van der Waals surface area contributed by atoms with Gasteiger partial charge in [0, 0.05) is 18.3 Å². The zero-order chi connectivity index (χ0) is 13.1. The topological polar surface area (TPSA) is 20.3 Å². The standard InChI is InChI=1S/C15H14FNO/c1-11-3-8-15(12(9-11)10-18)17(2)14-6-4-13(16)5-7-14/h3-10H,1-2H3. The highest BCUT2D eigenvalue weighted by molar-refractivity contribution is 5.87. The van der Waals surface area contributed by atoms with Crippen molar-refractivity contribution in [2.24, 2.45) is 0 Å². The molecule has 18 heavy (non-hydrogen) atoms. The molecule has 3 heteroatoms. The number of hydrogen-bond acceptors (Lipinski definition) is 2. The molecular weight excluding hydrogens is 229 g/mol. The van der Waals surface area contributed by atoms with Gasteiger partial charge < -0.3 is 4.90 Å². The Kier molecular flexibility index (Phi) is 3.42. The monoisotopic (exact) mass is 243 g/mol. The molecule has 92 valence electrons. The summed E-state index contributed by atoms with van der Waals surface area (Å²) in [6, 6.07) is 11.8. The zero-order valence-corrected chi connectivity index (χ0v) is 10.4. The first-order chi connectivity index (χ1) is 8.61. The maximum Gasteiger partial charge on any atom is 0.152 e. The average Bonchev–Trinajstić information content (AvgIpc) is 2.38. The maximum absolute atomic E-state index is 12.9. The van der Waals surface area contributed by atoms with Gasteiger partial charge in [0.1, 0.15) is 5.82 Å². The van der Waals surface area contributed by atoms with E-state index in [4.69, 9.17) is 0 Å². The van der Waals surface area contributed by atoms with Crippen molar-refractivity contribution in [1.29, 1.82) is 0 Å². The van der Waals surface area contributed by atoms with Crippen LogP contribution in [0, 0.1) is 12.7 Å². The third-order valence-corrected chi connectivity index (χ3v) is 2.89. The first-order valence-electron chi connectivity index (χ1n) is 5.67. The van der Waals surface area contributed by atoms with Crippen molar-refractivity contribution in [3.8, 4) is 0 Å². The summed E-state index contributed by atoms with van der Waals surface area (Å²) in [6.07, 6.45) is 0.836. The van der Waals surface area contributed by atoms with Crippen molar-refractivity contribution in [2.45, 2.75) is 6.92 Å². The van der Waals surface area contributed by atoms with Crippen LogP contribution in [0.25, 0.3) is 0 Å². The number of aryl methyl sites for hydroxylation is 1. The van der Waals surface area contributed by atoms with Crippen molar-refractivity contribution in [3.05, 3.63) is 59.4 Å². The second-order valence-corrected chi connectivity index (χ2v) is 4.22. The quantitative estimate of drug-likeness (QED) is 0.766. The fourth-order valence-corrected chi connectivity index (χ4v) is 1.88. The van der Waals surface area contributed by atoms with Gasteiger partial charge in [0.25, 0.3) is 0 Å². The van der Waals surface area contributed by atoms with Crippen molar-refractivity contribution in [1.82, 2.24) is 0 Å². The largest absolute Gasteiger partial charge is 0.344 e. The summed E-state index contributed by atoms with van der Waals surface area (Å²) < 4.78 is 12.9. The number of anilines is 2. The van der Waals surface area contributed by atoms with Gasteiger partial charge in [0.05, 0.1) is 5.69 Å². The van der Waals surface area contributed by atoms with Gasteiger partial charge in [-0.25, -0.2) is 4.39 Å². The highest BCUT2D eigenvalue weighted by Gasteiger charge is 2.09. The molecule has 0 aliphatic rings. The van der Waals surface area contributed by atoms with E-state index in [-0.39, 0.29) is 5.82 Å². The third kappa shape index (κ3) is 2.40. The Morgan fingerprint density at radius 3 is 2.39 bits per heavy atom. The van der Waals surface area contributed by atoms with Crippen LogP contribution in [0.2, 0.25) is 0 Å². The van der Waals surface area contributed by atoms with Gasteiger partial charge in [-0.05, 0) is 43.3 Å². The molecule has 0 atom stereocenters. The first kappa shape index (κ1) is 12.3. The fraction of sp³-hybridized carbons (Fsp3) is 0.133. The lowest BCUT2D eigenvalue weighted by Crippen LogP contribution is -2.11. The summed E-state index contributed by atoms with van der Waals surface area (Å²) >= 11 is 0. The molecule has 0 aliphatic carbocycles. The minimum absolute atomic E-state index is 0.272. The molecule has 0 N–H and O–H groups in total. The lowest BCUT2D eigenvalue weighted by molar-refractivity contribution is 0.112. The molecule has 2 rings (SSSR count). The first-order valence-corrected chi connectivity index (χ1v) is 5.67.